The molecule has 0 bridgehead atoms. The van der Waals surface area contributed by atoms with Crippen molar-refractivity contribution >= 4 is 15.9 Å². The van der Waals surface area contributed by atoms with E-state index in [4.69, 9.17) is 4.74 Å². The third kappa shape index (κ3) is 3.41. The van der Waals surface area contributed by atoms with Gasteiger partial charge in [-0.05, 0) is 31.5 Å². The molecule has 2 aromatic carbocycles. The summed E-state index contributed by atoms with van der Waals surface area (Å²) in [5.41, 5.74) is 2.43. The van der Waals surface area contributed by atoms with E-state index in [-0.39, 0.29) is 12.1 Å². The lowest BCUT2D eigenvalue weighted by atomic mass is 10.0. The van der Waals surface area contributed by atoms with E-state index in [2.05, 4.69) is 59.4 Å². The van der Waals surface area contributed by atoms with Crippen LogP contribution in [0.5, 0.6) is 5.75 Å². The number of benzene rings is 2. The van der Waals surface area contributed by atoms with Gasteiger partial charge in [-0.25, -0.2) is 0 Å². The van der Waals surface area contributed by atoms with Crippen molar-refractivity contribution in [2.45, 2.75) is 25.9 Å². The van der Waals surface area contributed by atoms with Crippen molar-refractivity contribution in [1.29, 1.82) is 0 Å². The molecule has 0 spiro atoms. The van der Waals surface area contributed by atoms with Crippen LogP contribution in [-0.4, -0.2) is 7.11 Å². The molecule has 0 aliphatic rings. The standard InChI is InChI=1S/C17H20BrNO/c1-12(14-8-4-6-10-16(14)18)19-13(2)15-9-5-7-11-17(15)20-3/h4-13,19H,1-3H3/t12-,13?/m1/s1. The monoisotopic (exact) mass is 333 g/mol. The van der Waals surface area contributed by atoms with Gasteiger partial charge in [-0.15, -0.1) is 0 Å². The molecule has 0 aliphatic carbocycles. The Labute approximate surface area is 129 Å². The lowest BCUT2D eigenvalue weighted by molar-refractivity contribution is 0.396. The first kappa shape index (κ1) is 15.1. The summed E-state index contributed by atoms with van der Waals surface area (Å²) in [7, 11) is 1.71. The van der Waals surface area contributed by atoms with Crippen LogP contribution in [0.25, 0.3) is 0 Å². The Balaban J connectivity index is 2.15. The molecule has 0 fully saturated rings. The van der Waals surface area contributed by atoms with Crippen LogP contribution in [-0.2, 0) is 0 Å². The minimum atomic E-state index is 0.216. The van der Waals surface area contributed by atoms with Crippen molar-refractivity contribution in [3.63, 3.8) is 0 Å². The van der Waals surface area contributed by atoms with Gasteiger partial charge in [0.25, 0.3) is 0 Å². The highest BCUT2D eigenvalue weighted by molar-refractivity contribution is 9.10. The van der Waals surface area contributed by atoms with Gasteiger partial charge >= 0.3 is 0 Å². The number of rotatable bonds is 5. The van der Waals surface area contributed by atoms with Crippen molar-refractivity contribution in [2.75, 3.05) is 7.11 Å². The van der Waals surface area contributed by atoms with Gasteiger partial charge in [0.1, 0.15) is 5.75 Å². The predicted octanol–water partition coefficient (Wildman–Crippen LogP) is 4.87. The maximum atomic E-state index is 5.43. The van der Waals surface area contributed by atoms with E-state index < -0.39 is 0 Å². The Bertz CT molecular complexity index is 570. The normalized spacial score (nSPS) is 13.8. The molecule has 0 aliphatic heterocycles. The van der Waals surface area contributed by atoms with E-state index >= 15 is 0 Å². The molecule has 1 unspecified atom stereocenters. The number of hydrogen-bond donors (Lipinski definition) is 1. The fraction of sp³-hybridized carbons (Fsp3) is 0.294. The molecule has 0 amide bonds. The number of nitrogens with one attached hydrogen (secondary N) is 1. The molecule has 2 atom stereocenters. The fourth-order valence-electron chi connectivity index (χ4n) is 2.40. The molecule has 3 heteroatoms. The lowest BCUT2D eigenvalue weighted by Crippen LogP contribution is -2.23. The molecule has 1 N–H and O–H groups in total. The summed E-state index contributed by atoms with van der Waals surface area (Å²) in [5, 5.41) is 3.62. The highest BCUT2D eigenvalue weighted by atomic mass is 79.9. The van der Waals surface area contributed by atoms with Crippen molar-refractivity contribution < 1.29 is 4.74 Å². The van der Waals surface area contributed by atoms with Gasteiger partial charge < -0.3 is 10.1 Å². The fourth-order valence-corrected chi connectivity index (χ4v) is 3.03. The summed E-state index contributed by atoms with van der Waals surface area (Å²) in [6.45, 7) is 4.33. The maximum absolute atomic E-state index is 5.43. The summed E-state index contributed by atoms with van der Waals surface area (Å²) in [5.74, 6) is 0.923. The van der Waals surface area contributed by atoms with Gasteiger partial charge in [0.15, 0.2) is 0 Å². The van der Waals surface area contributed by atoms with Crippen molar-refractivity contribution in [3.05, 3.63) is 64.1 Å². The second-order valence-corrected chi connectivity index (χ2v) is 5.73. The van der Waals surface area contributed by atoms with E-state index in [1.165, 1.54) is 11.1 Å². The molecule has 2 nitrogen and oxygen atoms in total. The van der Waals surface area contributed by atoms with E-state index in [0.717, 1.165) is 10.2 Å². The maximum Gasteiger partial charge on any atom is 0.123 e. The summed E-state index contributed by atoms with van der Waals surface area (Å²) < 4.78 is 6.56. The number of halogens is 1. The van der Waals surface area contributed by atoms with Crippen LogP contribution in [0.3, 0.4) is 0 Å². The van der Waals surface area contributed by atoms with Gasteiger partial charge in [-0.3, -0.25) is 0 Å². The van der Waals surface area contributed by atoms with Crippen LogP contribution in [0.4, 0.5) is 0 Å². The third-order valence-corrected chi connectivity index (χ3v) is 4.20. The van der Waals surface area contributed by atoms with E-state index in [1.807, 2.05) is 24.3 Å². The number of ether oxygens (including phenoxy) is 1. The topological polar surface area (TPSA) is 21.3 Å². The minimum absolute atomic E-state index is 0.216. The lowest BCUT2D eigenvalue weighted by Gasteiger charge is -2.23. The van der Waals surface area contributed by atoms with Crippen LogP contribution in [0, 0.1) is 0 Å². The quantitative estimate of drug-likeness (QED) is 0.842. The molecule has 0 saturated carbocycles. The van der Waals surface area contributed by atoms with Crippen LogP contribution in [0.1, 0.15) is 37.1 Å². The van der Waals surface area contributed by atoms with Gasteiger partial charge in [0.2, 0.25) is 0 Å². The van der Waals surface area contributed by atoms with Crippen LogP contribution in [0.15, 0.2) is 53.0 Å². The van der Waals surface area contributed by atoms with Gasteiger partial charge in [0, 0.05) is 22.1 Å². The summed E-state index contributed by atoms with van der Waals surface area (Å²) >= 11 is 3.61. The molecule has 2 rings (SSSR count). The first-order valence-electron chi connectivity index (χ1n) is 6.77. The summed E-state index contributed by atoms with van der Waals surface area (Å²) in [6, 6.07) is 16.9. The highest BCUT2D eigenvalue weighted by Crippen LogP contribution is 2.29. The Hall–Kier alpha value is -1.32. The largest absolute Gasteiger partial charge is 0.496 e. The molecular weight excluding hydrogens is 314 g/mol. The zero-order chi connectivity index (χ0) is 14.5. The van der Waals surface area contributed by atoms with Gasteiger partial charge in [0.05, 0.1) is 7.11 Å². The summed E-state index contributed by atoms with van der Waals surface area (Å²) in [6.07, 6.45) is 0. The number of methoxy groups -OCH3 is 1. The zero-order valence-corrected chi connectivity index (χ0v) is 13.6. The number of para-hydroxylation sites is 1. The smallest absolute Gasteiger partial charge is 0.123 e. The molecule has 106 valence electrons. The highest BCUT2D eigenvalue weighted by Gasteiger charge is 2.15. The van der Waals surface area contributed by atoms with Crippen LogP contribution >= 0.6 is 15.9 Å². The van der Waals surface area contributed by atoms with Crippen LogP contribution in [0.2, 0.25) is 0 Å². The summed E-state index contributed by atoms with van der Waals surface area (Å²) in [4.78, 5) is 0. The second kappa shape index (κ2) is 6.91. The molecule has 0 aromatic heterocycles. The molecule has 2 aromatic rings. The Morgan fingerprint density at radius 3 is 2.10 bits per heavy atom. The van der Waals surface area contributed by atoms with E-state index in [1.54, 1.807) is 7.11 Å². The molecule has 0 radical (unpaired) electrons. The van der Waals surface area contributed by atoms with Gasteiger partial charge in [-0.1, -0.05) is 52.3 Å². The molecule has 20 heavy (non-hydrogen) atoms. The van der Waals surface area contributed by atoms with E-state index in [9.17, 15) is 0 Å². The second-order valence-electron chi connectivity index (χ2n) is 4.87. The van der Waals surface area contributed by atoms with Crippen molar-refractivity contribution in [3.8, 4) is 5.75 Å². The Kier molecular flexibility index (Phi) is 5.21. The zero-order valence-electron chi connectivity index (χ0n) is 12.1. The average molecular weight is 334 g/mol. The number of hydrogen-bond acceptors (Lipinski definition) is 2. The molecular formula is C17H20BrNO. The first-order chi connectivity index (χ1) is 9.63. The third-order valence-electron chi connectivity index (χ3n) is 3.48. The van der Waals surface area contributed by atoms with Crippen molar-refractivity contribution in [2.24, 2.45) is 0 Å². The minimum Gasteiger partial charge on any atom is -0.496 e. The Morgan fingerprint density at radius 1 is 0.900 bits per heavy atom. The van der Waals surface area contributed by atoms with E-state index in [0.29, 0.717) is 0 Å². The Morgan fingerprint density at radius 2 is 1.45 bits per heavy atom. The molecule has 0 heterocycles. The van der Waals surface area contributed by atoms with Gasteiger partial charge in [-0.2, -0.15) is 0 Å². The predicted molar refractivity (Wildman–Crippen MR) is 87.1 cm³/mol. The first-order valence-corrected chi connectivity index (χ1v) is 7.56. The van der Waals surface area contributed by atoms with Crippen LogP contribution < -0.4 is 10.1 Å². The molecule has 0 saturated heterocycles. The average Bonchev–Trinajstić information content (AvgIpc) is 2.47. The van der Waals surface area contributed by atoms with Crippen molar-refractivity contribution in [1.82, 2.24) is 5.32 Å². The SMILES string of the molecule is COc1ccccc1C(C)N[C@H](C)c1ccccc1Br.